The highest BCUT2D eigenvalue weighted by molar-refractivity contribution is 5.57. The maximum absolute atomic E-state index is 5.65. The van der Waals surface area contributed by atoms with E-state index >= 15 is 0 Å². The largest absolute Gasteiger partial charge is 0.494 e. The summed E-state index contributed by atoms with van der Waals surface area (Å²) < 4.78 is 5.65. The zero-order valence-corrected chi connectivity index (χ0v) is 9.91. The van der Waals surface area contributed by atoms with Gasteiger partial charge < -0.3 is 15.4 Å². The van der Waals surface area contributed by atoms with Crippen molar-refractivity contribution in [1.29, 1.82) is 0 Å². The molecule has 3 nitrogen and oxygen atoms in total. The molecule has 1 aromatic carbocycles. The van der Waals surface area contributed by atoms with Gasteiger partial charge in [0.15, 0.2) is 0 Å². The number of ether oxygens (including phenoxy) is 1. The maximum Gasteiger partial charge on any atom is 0.119 e. The molecule has 0 radical (unpaired) electrons. The molecular weight excluding hydrogens is 200 g/mol. The van der Waals surface area contributed by atoms with Gasteiger partial charge in [-0.3, -0.25) is 0 Å². The van der Waals surface area contributed by atoms with Crippen LogP contribution in [0.25, 0.3) is 0 Å². The molecule has 0 amide bonds. The van der Waals surface area contributed by atoms with Crippen LogP contribution in [-0.4, -0.2) is 26.7 Å². The molecule has 16 heavy (non-hydrogen) atoms. The Hall–Kier alpha value is -1.22. The van der Waals surface area contributed by atoms with Crippen LogP contribution in [-0.2, 0) is 6.42 Å². The summed E-state index contributed by atoms with van der Waals surface area (Å²) in [4.78, 5) is 2.31. The monoisotopic (exact) mass is 220 g/mol. The number of benzene rings is 1. The lowest BCUT2D eigenvalue weighted by molar-refractivity contribution is 0.313. The van der Waals surface area contributed by atoms with Crippen molar-refractivity contribution in [3.8, 4) is 5.75 Å². The lowest BCUT2D eigenvalue weighted by Crippen LogP contribution is -2.24. The first-order chi connectivity index (χ1) is 7.81. The molecule has 0 fully saturated rings. The molecule has 0 aromatic heterocycles. The molecule has 88 valence electrons. The molecule has 0 aliphatic carbocycles. The Morgan fingerprint density at radius 3 is 3.12 bits per heavy atom. The Morgan fingerprint density at radius 1 is 1.44 bits per heavy atom. The summed E-state index contributed by atoms with van der Waals surface area (Å²) in [5.41, 5.74) is 8.18. The van der Waals surface area contributed by atoms with Crippen molar-refractivity contribution in [2.75, 3.05) is 31.6 Å². The maximum atomic E-state index is 5.65. The van der Waals surface area contributed by atoms with Crippen molar-refractivity contribution in [2.45, 2.75) is 19.3 Å². The molecule has 0 bridgehead atoms. The van der Waals surface area contributed by atoms with Crippen molar-refractivity contribution in [1.82, 2.24) is 0 Å². The highest BCUT2D eigenvalue weighted by atomic mass is 16.5. The van der Waals surface area contributed by atoms with Gasteiger partial charge in [-0.15, -0.1) is 0 Å². The summed E-state index contributed by atoms with van der Waals surface area (Å²) in [6, 6.07) is 6.38. The lowest BCUT2D eigenvalue weighted by Gasteiger charge is -2.27. The van der Waals surface area contributed by atoms with Crippen molar-refractivity contribution in [2.24, 2.45) is 5.73 Å². The fourth-order valence-corrected chi connectivity index (χ4v) is 2.12. The molecule has 0 saturated carbocycles. The normalized spacial score (nSPS) is 14.8. The number of hydrogen-bond acceptors (Lipinski definition) is 3. The second-order valence-electron chi connectivity index (χ2n) is 4.31. The van der Waals surface area contributed by atoms with Gasteiger partial charge in [0.05, 0.1) is 6.61 Å². The third-order valence-corrected chi connectivity index (χ3v) is 3.02. The topological polar surface area (TPSA) is 38.5 Å². The van der Waals surface area contributed by atoms with E-state index < -0.39 is 0 Å². The molecule has 0 unspecified atom stereocenters. The Kier molecular flexibility index (Phi) is 3.67. The number of aryl methyl sites for hydroxylation is 1. The van der Waals surface area contributed by atoms with Gasteiger partial charge in [-0.1, -0.05) is 0 Å². The van der Waals surface area contributed by atoms with Crippen LogP contribution in [0.3, 0.4) is 0 Å². The van der Waals surface area contributed by atoms with Gasteiger partial charge >= 0.3 is 0 Å². The summed E-state index contributed by atoms with van der Waals surface area (Å²) in [6.45, 7) is 2.55. The standard InChI is InChI=1S/C13H20N2O/c1-15-8-2-4-11-10-12(5-6-13(11)15)16-9-3-7-14/h5-6,10H,2-4,7-9,14H2,1H3. The first kappa shape index (κ1) is 11.3. The summed E-state index contributed by atoms with van der Waals surface area (Å²) in [6.07, 6.45) is 3.31. The van der Waals surface area contributed by atoms with Crippen LogP contribution in [0.2, 0.25) is 0 Å². The summed E-state index contributed by atoms with van der Waals surface area (Å²) in [5, 5.41) is 0. The molecule has 0 spiro atoms. The van der Waals surface area contributed by atoms with Gasteiger partial charge in [0.25, 0.3) is 0 Å². The van der Waals surface area contributed by atoms with E-state index in [1.54, 1.807) is 0 Å². The zero-order valence-electron chi connectivity index (χ0n) is 9.91. The second-order valence-corrected chi connectivity index (χ2v) is 4.31. The van der Waals surface area contributed by atoms with Crippen LogP contribution in [0.1, 0.15) is 18.4 Å². The van der Waals surface area contributed by atoms with Crippen LogP contribution in [0.4, 0.5) is 5.69 Å². The van der Waals surface area contributed by atoms with Crippen molar-refractivity contribution in [3.05, 3.63) is 23.8 Å². The Labute approximate surface area is 97.2 Å². The predicted octanol–water partition coefficient (Wildman–Crippen LogP) is 1.80. The van der Waals surface area contributed by atoms with Crippen molar-refractivity contribution >= 4 is 5.69 Å². The Morgan fingerprint density at radius 2 is 2.31 bits per heavy atom. The van der Waals surface area contributed by atoms with Gasteiger partial charge in [0.2, 0.25) is 0 Å². The van der Waals surface area contributed by atoms with Gasteiger partial charge in [0.1, 0.15) is 5.75 Å². The SMILES string of the molecule is CN1CCCc2cc(OCCCN)ccc21. The molecule has 3 heteroatoms. The number of fused-ring (bicyclic) bond motifs is 1. The van der Waals surface area contributed by atoms with Crippen molar-refractivity contribution in [3.63, 3.8) is 0 Å². The van der Waals surface area contributed by atoms with Crippen LogP contribution in [0.5, 0.6) is 5.75 Å². The van der Waals surface area contributed by atoms with E-state index in [-0.39, 0.29) is 0 Å². The number of hydrogen-bond donors (Lipinski definition) is 1. The third kappa shape index (κ3) is 2.47. The fraction of sp³-hybridized carbons (Fsp3) is 0.538. The summed E-state index contributed by atoms with van der Waals surface area (Å²) >= 11 is 0. The van der Waals surface area contributed by atoms with Crippen LogP contribution < -0.4 is 15.4 Å². The molecular formula is C13H20N2O. The van der Waals surface area contributed by atoms with E-state index in [1.807, 2.05) is 0 Å². The number of nitrogens with two attached hydrogens (primary N) is 1. The van der Waals surface area contributed by atoms with E-state index in [0.29, 0.717) is 13.2 Å². The first-order valence-electron chi connectivity index (χ1n) is 5.98. The predicted molar refractivity (Wildman–Crippen MR) is 67.2 cm³/mol. The zero-order chi connectivity index (χ0) is 11.4. The minimum atomic E-state index is 0.688. The quantitative estimate of drug-likeness (QED) is 0.786. The third-order valence-electron chi connectivity index (χ3n) is 3.02. The molecule has 1 heterocycles. The summed E-state index contributed by atoms with van der Waals surface area (Å²) in [5.74, 6) is 0.975. The van der Waals surface area contributed by atoms with E-state index in [2.05, 4.69) is 30.1 Å². The number of nitrogens with zero attached hydrogens (tertiary/aromatic N) is 1. The second kappa shape index (κ2) is 5.21. The van der Waals surface area contributed by atoms with Crippen molar-refractivity contribution < 1.29 is 4.74 Å². The molecule has 1 aromatic rings. The van der Waals surface area contributed by atoms with E-state index in [0.717, 1.165) is 25.1 Å². The first-order valence-corrected chi connectivity index (χ1v) is 5.98. The fourth-order valence-electron chi connectivity index (χ4n) is 2.12. The van der Waals surface area contributed by atoms with Crippen LogP contribution in [0.15, 0.2) is 18.2 Å². The number of rotatable bonds is 4. The molecule has 2 rings (SSSR count). The lowest BCUT2D eigenvalue weighted by atomic mass is 10.0. The molecule has 0 saturated heterocycles. The Balaban J connectivity index is 2.06. The average Bonchev–Trinajstić information content (AvgIpc) is 2.30. The van der Waals surface area contributed by atoms with Gasteiger partial charge in [-0.2, -0.15) is 0 Å². The molecule has 2 N–H and O–H groups in total. The molecule has 0 atom stereocenters. The Bertz CT molecular complexity index is 352. The highest BCUT2D eigenvalue weighted by Crippen LogP contribution is 2.29. The minimum absolute atomic E-state index is 0.688. The smallest absolute Gasteiger partial charge is 0.119 e. The minimum Gasteiger partial charge on any atom is -0.494 e. The molecule has 1 aliphatic heterocycles. The summed E-state index contributed by atoms with van der Waals surface area (Å²) in [7, 11) is 2.15. The van der Waals surface area contributed by atoms with Crippen LogP contribution in [0, 0.1) is 0 Å². The van der Waals surface area contributed by atoms with Gasteiger partial charge in [-0.25, -0.2) is 0 Å². The molecule has 1 aliphatic rings. The highest BCUT2D eigenvalue weighted by Gasteiger charge is 2.13. The van der Waals surface area contributed by atoms with Gasteiger partial charge in [0, 0.05) is 19.3 Å². The average molecular weight is 220 g/mol. The van der Waals surface area contributed by atoms with Crippen LogP contribution >= 0.6 is 0 Å². The van der Waals surface area contributed by atoms with E-state index in [4.69, 9.17) is 10.5 Å². The van der Waals surface area contributed by atoms with Gasteiger partial charge in [-0.05, 0) is 49.6 Å². The number of anilines is 1. The van der Waals surface area contributed by atoms with E-state index in [1.165, 1.54) is 17.7 Å². The van der Waals surface area contributed by atoms with E-state index in [9.17, 15) is 0 Å².